The molecule has 2 aromatic rings. The monoisotopic (exact) mass is 304 g/mol. The first kappa shape index (κ1) is 15.2. The van der Waals surface area contributed by atoms with Crippen LogP contribution in [-0.2, 0) is 6.42 Å². The molecule has 0 saturated carbocycles. The minimum atomic E-state index is -1.04. The number of carbonyl (C=O) groups is 2. The van der Waals surface area contributed by atoms with E-state index in [9.17, 15) is 9.59 Å². The number of amides is 1. The minimum absolute atomic E-state index is 0.0881. The van der Waals surface area contributed by atoms with Crippen LogP contribution >= 0.6 is 11.3 Å². The smallest absolute Gasteiger partial charge is 0.337 e. The number of hydrogen-bond donors (Lipinski definition) is 2. The Bertz CT molecular complexity index is 662. The molecule has 0 spiro atoms. The van der Waals surface area contributed by atoms with Crippen molar-refractivity contribution >= 4 is 29.0 Å². The van der Waals surface area contributed by atoms with Gasteiger partial charge in [0.25, 0.3) is 5.91 Å². The van der Waals surface area contributed by atoms with Gasteiger partial charge in [-0.25, -0.2) is 9.78 Å². The Labute approximate surface area is 126 Å². The number of pyridine rings is 1. The van der Waals surface area contributed by atoms with Gasteiger partial charge >= 0.3 is 5.97 Å². The van der Waals surface area contributed by atoms with Gasteiger partial charge in [0.1, 0.15) is 5.82 Å². The predicted octanol–water partition coefficient (Wildman–Crippen LogP) is 3.35. The summed E-state index contributed by atoms with van der Waals surface area (Å²) >= 11 is 1.46. The Balaban J connectivity index is 2.10. The van der Waals surface area contributed by atoms with Crippen LogP contribution in [0.5, 0.6) is 0 Å². The fourth-order valence-corrected chi connectivity index (χ4v) is 2.89. The molecule has 6 heteroatoms. The number of rotatable bonds is 5. The first-order valence-electron chi connectivity index (χ1n) is 6.61. The van der Waals surface area contributed by atoms with Crippen LogP contribution in [0.2, 0.25) is 0 Å². The molecule has 1 amide bonds. The first-order valence-corrected chi connectivity index (χ1v) is 7.43. The fraction of sp³-hybridized carbons (Fsp3) is 0.267. The number of anilines is 1. The molecule has 0 aromatic carbocycles. The molecule has 2 heterocycles. The molecular weight excluding hydrogens is 288 g/mol. The average Bonchev–Trinajstić information content (AvgIpc) is 2.81. The van der Waals surface area contributed by atoms with Gasteiger partial charge in [0.15, 0.2) is 0 Å². The van der Waals surface area contributed by atoms with Gasteiger partial charge in [-0.3, -0.25) is 4.79 Å². The van der Waals surface area contributed by atoms with Gasteiger partial charge in [-0.1, -0.05) is 13.3 Å². The van der Waals surface area contributed by atoms with Crippen LogP contribution in [0.1, 0.15) is 43.8 Å². The number of carboxylic acids is 1. The van der Waals surface area contributed by atoms with Crippen molar-refractivity contribution in [1.82, 2.24) is 4.98 Å². The van der Waals surface area contributed by atoms with Gasteiger partial charge in [-0.2, -0.15) is 0 Å². The second kappa shape index (κ2) is 6.49. The molecule has 0 atom stereocenters. The second-order valence-corrected chi connectivity index (χ2v) is 5.89. The third kappa shape index (κ3) is 3.66. The zero-order chi connectivity index (χ0) is 15.4. The van der Waals surface area contributed by atoms with Gasteiger partial charge < -0.3 is 10.4 Å². The number of carboxylic acid groups (broad SMARTS) is 1. The number of aryl methyl sites for hydroxylation is 2. The maximum atomic E-state index is 12.1. The fourth-order valence-electron chi connectivity index (χ4n) is 1.92. The number of thiophene rings is 1. The summed E-state index contributed by atoms with van der Waals surface area (Å²) in [6.45, 7) is 4.11. The molecule has 0 aliphatic heterocycles. The number of hydrogen-bond acceptors (Lipinski definition) is 4. The summed E-state index contributed by atoms with van der Waals surface area (Å²) in [4.78, 5) is 28.6. The van der Waals surface area contributed by atoms with Crippen molar-refractivity contribution in [1.29, 1.82) is 0 Å². The molecule has 0 unspecified atom stereocenters. The third-order valence-electron chi connectivity index (χ3n) is 3.02. The van der Waals surface area contributed by atoms with Crippen LogP contribution in [0, 0.1) is 6.92 Å². The average molecular weight is 304 g/mol. The Hall–Kier alpha value is -2.21. The summed E-state index contributed by atoms with van der Waals surface area (Å²) < 4.78 is 0. The highest BCUT2D eigenvalue weighted by Crippen LogP contribution is 2.23. The largest absolute Gasteiger partial charge is 0.478 e. The van der Waals surface area contributed by atoms with Crippen molar-refractivity contribution in [2.75, 3.05) is 5.32 Å². The predicted molar refractivity (Wildman–Crippen MR) is 82.2 cm³/mol. The first-order chi connectivity index (χ1) is 10.0. The van der Waals surface area contributed by atoms with Crippen LogP contribution in [-0.4, -0.2) is 22.0 Å². The summed E-state index contributed by atoms with van der Waals surface area (Å²) in [5, 5.41) is 11.5. The molecule has 2 aromatic heterocycles. The SMILES string of the molecule is CCCc1cc(C(=O)Nc2ccc(C(=O)O)cn2)sc1C. The van der Waals surface area contributed by atoms with Gasteiger partial charge in [0.2, 0.25) is 0 Å². The van der Waals surface area contributed by atoms with E-state index >= 15 is 0 Å². The normalized spacial score (nSPS) is 10.4. The third-order valence-corrected chi connectivity index (χ3v) is 4.11. The van der Waals surface area contributed by atoms with E-state index in [2.05, 4.69) is 17.2 Å². The highest BCUT2D eigenvalue weighted by Gasteiger charge is 2.13. The van der Waals surface area contributed by atoms with E-state index in [4.69, 9.17) is 5.11 Å². The summed E-state index contributed by atoms with van der Waals surface area (Å²) in [5.74, 6) is -0.924. The van der Waals surface area contributed by atoms with Crippen LogP contribution in [0.3, 0.4) is 0 Å². The number of carbonyl (C=O) groups excluding carboxylic acids is 1. The molecule has 21 heavy (non-hydrogen) atoms. The van der Waals surface area contributed by atoms with Crippen molar-refractivity contribution < 1.29 is 14.7 Å². The van der Waals surface area contributed by atoms with Crippen LogP contribution in [0.25, 0.3) is 0 Å². The summed E-state index contributed by atoms with van der Waals surface area (Å²) in [7, 11) is 0. The Kier molecular flexibility index (Phi) is 4.70. The van der Waals surface area contributed by atoms with Crippen LogP contribution < -0.4 is 5.32 Å². The second-order valence-electron chi connectivity index (χ2n) is 4.63. The van der Waals surface area contributed by atoms with E-state index in [-0.39, 0.29) is 11.5 Å². The zero-order valence-corrected chi connectivity index (χ0v) is 12.7. The zero-order valence-electron chi connectivity index (χ0n) is 11.8. The molecule has 0 saturated heterocycles. The van der Waals surface area contributed by atoms with E-state index in [1.54, 1.807) is 0 Å². The van der Waals surface area contributed by atoms with Crippen LogP contribution in [0.15, 0.2) is 24.4 Å². The van der Waals surface area contributed by atoms with E-state index < -0.39 is 5.97 Å². The Morgan fingerprint density at radius 1 is 1.38 bits per heavy atom. The van der Waals surface area contributed by atoms with Crippen molar-refractivity contribution in [2.45, 2.75) is 26.7 Å². The standard InChI is InChI=1S/C15H16N2O3S/c1-3-4-10-7-12(21-9(10)2)14(18)17-13-6-5-11(8-16-13)15(19)20/h5-8H,3-4H2,1-2H3,(H,19,20)(H,16,17,18). The number of nitrogens with one attached hydrogen (secondary N) is 1. The summed E-state index contributed by atoms with van der Waals surface area (Å²) in [5.41, 5.74) is 1.28. The minimum Gasteiger partial charge on any atom is -0.478 e. The molecule has 110 valence electrons. The van der Waals surface area contributed by atoms with Gasteiger partial charge in [-0.15, -0.1) is 11.3 Å². The van der Waals surface area contributed by atoms with Gasteiger partial charge in [0.05, 0.1) is 10.4 Å². The van der Waals surface area contributed by atoms with Crippen molar-refractivity contribution in [3.63, 3.8) is 0 Å². The lowest BCUT2D eigenvalue weighted by Gasteiger charge is -2.02. The molecule has 5 nitrogen and oxygen atoms in total. The molecule has 2 N–H and O–H groups in total. The summed E-state index contributed by atoms with van der Waals surface area (Å²) in [6.07, 6.45) is 3.22. The highest BCUT2D eigenvalue weighted by atomic mass is 32.1. The van der Waals surface area contributed by atoms with E-state index in [0.29, 0.717) is 10.7 Å². The lowest BCUT2D eigenvalue weighted by Crippen LogP contribution is -2.11. The highest BCUT2D eigenvalue weighted by molar-refractivity contribution is 7.14. The lowest BCUT2D eigenvalue weighted by molar-refractivity contribution is 0.0696. The van der Waals surface area contributed by atoms with Crippen molar-refractivity contribution in [3.05, 3.63) is 45.3 Å². The van der Waals surface area contributed by atoms with Gasteiger partial charge in [0, 0.05) is 11.1 Å². The topological polar surface area (TPSA) is 79.3 Å². The van der Waals surface area contributed by atoms with Crippen LogP contribution in [0.4, 0.5) is 5.82 Å². The van der Waals surface area contributed by atoms with Crippen molar-refractivity contribution in [2.24, 2.45) is 0 Å². The molecule has 0 bridgehead atoms. The maximum Gasteiger partial charge on any atom is 0.337 e. The number of nitrogens with zero attached hydrogens (tertiary/aromatic N) is 1. The molecule has 0 aliphatic rings. The molecule has 0 radical (unpaired) electrons. The summed E-state index contributed by atoms with van der Waals surface area (Å²) in [6, 6.07) is 4.80. The van der Waals surface area contributed by atoms with E-state index in [1.165, 1.54) is 35.2 Å². The van der Waals surface area contributed by atoms with E-state index in [1.807, 2.05) is 13.0 Å². The Morgan fingerprint density at radius 3 is 2.71 bits per heavy atom. The molecule has 0 fully saturated rings. The Morgan fingerprint density at radius 2 is 2.14 bits per heavy atom. The van der Waals surface area contributed by atoms with E-state index in [0.717, 1.165) is 17.7 Å². The maximum absolute atomic E-state index is 12.1. The molecule has 0 aliphatic carbocycles. The molecule has 2 rings (SSSR count). The quantitative estimate of drug-likeness (QED) is 0.887. The van der Waals surface area contributed by atoms with Crippen molar-refractivity contribution in [3.8, 4) is 0 Å². The van der Waals surface area contributed by atoms with Gasteiger partial charge in [-0.05, 0) is 37.1 Å². The molecular formula is C15H16N2O3S. The number of aromatic carboxylic acids is 1. The number of aromatic nitrogens is 1. The lowest BCUT2D eigenvalue weighted by atomic mass is 10.1.